The number of hydrogen-bond acceptors (Lipinski definition) is 2. The number of aromatic nitrogens is 3. The van der Waals surface area contributed by atoms with Crippen LogP contribution < -0.4 is 0 Å². The molecule has 1 aliphatic carbocycles. The second-order valence-electron chi connectivity index (χ2n) is 13.8. The molecule has 9 aromatic rings. The fraction of sp³-hybridized carbons (Fsp3) is 0.0638. The number of para-hydroxylation sites is 3. The summed E-state index contributed by atoms with van der Waals surface area (Å²) in [4.78, 5) is 10.5. The van der Waals surface area contributed by atoms with Crippen LogP contribution >= 0.6 is 0 Å². The summed E-state index contributed by atoms with van der Waals surface area (Å²) in [5.74, 6) is 0.716. The maximum atomic E-state index is 5.30. The third-order valence-corrected chi connectivity index (χ3v) is 10.6. The quantitative estimate of drug-likeness (QED) is 0.192. The van der Waals surface area contributed by atoms with E-state index in [1.165, 1.54) is 44.2 Å². The van der Waals surface area contributed by atoms with Crippen LogP contribution in [0.15, 0.2) is 164 Å². The van der Waals surface area contributed by atoms with E-state index in [0.717, 1.165) is 44.4 Å². The molecule has 0 N–H and O–H groups in total. The van der Waals surface area contributed by atoms with Crippen LogP contribution in [0.25, 0.3) is 83.3 Å². The lowest BCUT2D eigenvalue weighted by Crippen LogP contribution is -2.14. The lowest BCUT2D eigenvalue weighted by molar-refractivity contribution is 0.660. The number of benzene rings is 7. The van der Waals surface area contributed by atoms with Crippen molar-refractivity contribution in [1.29, 1.82) is 0 Å². The zero-order valence-electron chi connectivity index (χ0n) is 27.9. The Balaban J connectivity index is 1.22. The van der Waals surface area contributed by atoms with Crippen molar-refractivity contribution in [1.82, 2.24) is 14.5 Å². The van der Waals surface area contributed by atoms with Gasteiger partial charge in [0.05, 0.1) is 22.2 Å². The molecule has 0 unspecified atom stereocenters. The molecule has 0 radical (unpaired) electrons. The summed E-state index contributed by atoms with van der Waals surface area (Å²) in [5.41, 5.74) is 15.2. The molecule has 0 aliphatic heterocycles. The lowest BCUT2D eigenvalue weighted by Gasteiger charge is -2.21. The first-order valence-corrected chi connectivity index (χ1v) is 17.3. The van der Waals surface area contributed by atoms with Gasteiger partial charge in [0.25, 0.3) is 0 Å². The molecule has 0 spiro atoms. The Morgan fingerprint density at radius 1 is 0.460 bits per heavy atom. The molecule has 50 heavy (non-hydrogen) atoms. The van der Waals surface area contributed by atoms with Gasteiger partial charge in [-0.3, -0.25) is 0 Å². The normalized spacial score (nSPS) is 13.2. The molecule has 3 heteroatoms. The van der Waals surface area contributed by atoms with Gasteiger partial charge in [0, 0.05) is 38.4 Å². The molecular formula is C47H33N3. The smallest absolute Gasteiger partial charge is 0.162 e. The highest BCUT2D eigenvalue weighted by Crippen LogP contribution is 2.50. The largest absolute Gasteiger partial charge is 0.308 e. The maximum absolute atomic E-state index is 5.30. The Morgan fingerprint density at radius 2 is 1.12 bits per heavy atom. The Labute approximate surface area is 291 Å². The summed E-state index contributed by atoms with van der Waals surface area (Å²) >= 11 is 0. The van der Waals surface area contributed by atoms with Crippen LogP contribution in [0.1, 0.15) is 25.0 Å². The van der Waals surface area contributed by atoms with Crippen LogP contribution in [0.2, 0.25) is 0 Å². The molecule has 0 amide bonds. The average molecular weight is 640 g/mol. The molecule has 0 atom stereocenters. The summed E-state index contributed by atoms with van der Waals surface area (Å²) in [5, 5.41) is 3.42. The average Bonchev–Trinajstić information content (AvgIpc) is 3.63. The van der Waals surface area contributed by atoms with Crippen LogP contribution in [-0.2, 0) is 5.41 Å². The van der Waals surface area contributed by atoms with Crippen molar-refractivity contribution in [2.45, 2.75) is 19.3 Å². The van der Waals surface area contributed by atoms with Crippen molar-refractivity contribution in [2.75, 3.05) is 0 Å². The third-order valence-electron chi connectivity index (χ3n) is 10.6. The fourth-order valence-corrected chi connectivity index (χ4v) is 8.19. The van der Waals surface area contributed by atoms with E-state index < -0.39 is 0 Å². The molecule has 236 valence electrons. The van der Waals surface area contributed by atoms with Gasteiger partial charge in [0.15, 0.2) is 5.82 Å². The summed E-state index contributed by atoms with van der Waals surface area (Å²) in [6.45, 7) is 4.67. The van der Waals surface area contributed by atoms with Crippen LogP contribution in [0.3, 0.4) is 0 Å². The topological polar surface area (TPSA) is 30.7 Å². The van der Waals surface area contributed by atoms with Crippen LogP contribution in [0.4, 0.5) is 0 Å². The number of hydrogen-bond donors (Lipinski definition) is 0. The standard InChI is InChI=1S/C47H33N3/c1-47(2)40-22-11-9-18-34(40)38-28-31(24-26-41(38)47)32-25-27-43-39(29-32)35-20-13-21-37(45(35)50(43)33-16-7-4-8-17-33)46-48-42-23-12-10-19-36(42)44(49-46)30-14-5-3-6-15-30/h3-29H,1-2H3. The van der Waals surface area contributed by atoms with Gasteiger partial charge in [-0.2, -0.15) is 0 Å². The zero-order valence-corrected chi connectivity index (χ0v) is 27.9. The first-order chi connectivity index (χ1) is 24.6. The monoisotopic (exact) mass is 639 g/mol. The van der Waals surface area contributed by atoms with Gasteiger partial charge in [0.1, 0.15) is 0 Å². The summed E-state index contributed by atoms with van der Waals surface area (Å²) < 4.78 is 2.38. The summed E-state index contributed by atoms with van der Waals surface area (Å²) in [7, 11) is 0. The van der Waals surface area contributed by atoms with E-state index in [0.29, 0.717) is 5.82 Å². The molecule has 10 rings (SSSR count). The highest BCUT2D eigenvalue weighted by molar-refractivity contribution is 6.14. The molecule has 3 nitrogen and oxygen atoms in total. The van der Waals surface area contributed by atoms with Crippen molar-refractivity contribution in [3.05, 3.63) is 175 Å². The minimum Gasteiger partial charge on any atom is -0.308 e. The predicted octanol–water partition coefficient (Wildman–Crippen LogP) is 12.0. The van der Waals surface area contributed by atoms with Crippen molar-refractivity contribution < 1.29 is 0 Å². The number of rotatable bonds is 4. The highest BCUT2D eigenvalue weighted by Gasteiger charge is 2.35. The van der Waals surface area contributed by atoms with Crippen LogP contribution in [0.5, 0.6) is 0 Å². The molecular weight excluding hydrogens is 607 g/mol. The van der Waals surface area contributed by atoms with Crippen molar-refractivity contribution in [3.63, 3.8) is 0 Å². The van der Waals surface area contributed by atoms with E-state index in [2.05, 4.69) is 176 Å². The molecule has 2 aromatic heterocycles. The van der Waals surface area contributed by atoms with Gasteiger partial charge in [-0.1, -0.05) is 135 Å². The second-order valence-corrected chi connectivity index (χ2v) is 13.8. The zero-order chi connectivity index (χ0) is 33.4. The van der Waals surface area contributed by atoms with E-state index in [-0.39, 0.29) is 5.41 Å². The van der Waals surface area contributed by atoms with Gasteiger partial charge in [-0.15, -0.1) is 0 Å². The first kappa shape index (κ1) is 28.7. The second kappa shape index (κ2) is 10.8. The number of nitrogens with zero attached hydrogens (tertiary/aromatic N) is 3. The third kappa shape index (κ3) is 4.23. The summed E-state index contributed by atoms with van der Waals surface area (Å²) in [6, 6.07) is 58.7. The molecule has 0 bridgehead atoms. The van der Waals surface area contributed by atoms with Crippen LogP contribution in [-0.4, -0.2) is 14.5 Å². The van der Waals surface area contributed by atoms with E-state index in [1.54, 1.807) is 0 Å². The molecule has 2 heterocycles. The molecule has 1 aliphatic rings. The lowest BCUT2D eigenvalue weighted by atomic mass is 9.82. The summed E-state index contributed by atoms with van der Waals surface area (Å²) in [6.07, 6.45) is 0. The first-order valence-electron chi connectivity index (χ1n) is 17.3. The minimum atomic E-state index is -0.0148. The Bertz CT molecular complexity index is 2770. The maximum Gasteiger partial charge on any atom is 0.162 e. The van der Waals surface area contributed by atoms with Gasteiger partial charge >= 0.3 is 0 Å². The Kier molecular flexibility index (Phi) is 6.22. The molecule has 0 fully saturated rings. The minimum absolute atomic E-state index is 0.0148. The van der Waals surface area contributed by atoms with E-state index >= 15 is 0 Å². The van der Waals surface area contributed by atoms with Gasteiger partial charge in [-0.25, -0.2) is 9.97 Å². The van der Waals surface area contributed by atoms with Gasteiger partial charge < -0.3 is 4.57 Å². The van der Waals surface area contributed by atoms with Crippen molar-refractivity contribution in [3.8, 4) is 50.6 Å². The van der Waals surface area contributed by atoms with Crippen LogP contribution in [0, 0.1) is 0 Å². The predicted molar refractivity (Wildman–Crippen MR) is 208 cm³/mol. The number of fused-ring (bicyclic) bond motifs is 7. The van der Waals surface area contributed by atoms with E-state index in [9.17, 15) is 0 Å². The van der Waals surface area contributed by atoms with Gasteiger partial charge in [0.2, 0.25) is 0 Å². The molecule has 0 saturated heterocycles. The molecule has 0 saturated carbocycles. The van der Waals surface area contributed by atoms with Gasteiger partial charge in [-0.05, 0) is 75.8 Å². The fourth-order valence-electron chi connectivity index (χ4n) is 8.19. The SMILES string of the molecule is CC1(C)c2ccccc2-c2cc(-c3ccc4c(c3)c3cccc(-c5nc(-c6ccccc6)c6ccccc6n5)c3n4-c3ccccc3)ccc21. The van der Waals surface area contributed by atoms with E-state index in [4.69, 9.17) is 9.97 Å². The highest BCUT2D eigenvalue weighted by atomic mass is 15.0. The Hall–Kier alpha value is -6.32. The van der Waals surface area contributed by atoms with E-state index in [1.807, 2.05) is 6.07 Å². The Morgan fingerprint density at radius 3 is 1.98 bits per heavy atom. The van der Waals surface area contributed by atoms with Crippen molar-refractivity contribution >= 4 is 32.7 Å². The van der Waals surface area contributed by atoms with Crippen molar-refractivity contribution in [2.24, 2.45) is 0 Å². The molecule has 7 aromatic carbocycles.